The predicted octanol–water partition coefficient (Wildman–Crippen LogP) is 3.15. The molecule has 2 aromatic carbocycles. The number of thiazole rings is 1. The number of carbonyl (C=O) groups is 3. The SMILES string of the molecule is CC(=O)N1c2ccc(-c3ccccc3)cc2CCC1C(=O)N1CC(N2CCN(C(=O)c3nccs3)CC2)C1. The maximum atomic E-state index is 13.5. The third kappa shape index (κ3) is 4.61. The summed E-state index contributed by atoms with van der Waals surface area (Å²) < 4.78 is 0. The topological polar surface area (TPSA) is 77.1 Å². The van der Waals surface area contributed by atoms with Gasteiger partial charge in [-0.3, -0.25) is 24.2 Å². The molecule has 3 aliphatic heterocycles. The van der Waals surface area contributed by atoms with Gasteiger partial charge in [0.25, 0.3) is 5.91 Å². The number of hydrogen-bond donors (Lipinski definition) is 0. The van der Waals surface area contributed by atoms with Crippen molar-refractivity contribution in [2.45, 2.75) is 31.8 Å². The standard InChI is InChI=1S/C29H31N5O3S/c1-20(35)34-25-9-7-22(21-5-3-2-4-6-21)17-23(25)8-10-26(34)28(36)33-18-24(19-33)31-12-14-32(15-13-31)29(37)27-30-11-16-38-27/h2-7,9,11,16-17,24,26H,8,10,12-15,18-19H2,1H3. The van der Waals surface area contributed by atoms with Crippen molar-refractivity contribution in [1.29, 1.82) is 0 Å². The maximum absolute atomic E-state index is 13.5. The average molecular weight is 530 g/mol. The van der Waals surface area contributed by atoms with Crippen molar-refractivity contribution in [1.82, 2.24) is 19.7 Å². The maximum Gasteiger partial charge on any atom is 0.282 e. The third-order valence-corrected chi connectivity index (χ3v) is 8.74. The summed E-state index contributed by atoms with van der Waals surface area (Å²) in [6.45, 7) is 5.82. The Morgan fingerprint density at radius 3 is 2.37 bits per heavy atom. The lowest BCUT2D eigenvalue weighted by molar-refractivity contribution is -0.142. The van der Waals surface area contributed by atoms with Crippen molar-refractivity contribution in [3.05, 3.63) is 70.7 Å². The number of fused-ring (bicyclic) bond motifs is 1. The molecule has 0 bridgehead atoms. The summed E-state index contributed by atoms with van der Waals surface area (Å²) in [5, 5.41) is 2.36. The fraction of sp³-hybridized carbons (Fsp3) is 0.379. The molecule has 1 unspecified atom stereocenters. The largest absolute Gasteiger partial charge is 0.338 e. The Kier molecular flexibility index (Phi) is 6.71. The predicted molar refractivity (Wildman–Crippen MR) is 147 cm³/mol. The lowest BCUT2D eigenvalue weighted by Gasteiger charge is -2.49. The Hall–Kier alpha value is -3.56. The van der Waals surface area contributed by atoms with Crippen LogP contribution in [0.2, 0.25) is 0 Å². The number of carbonyl (C=O) groups excluding carboxylic acids is 3. The van der Waals surface area contributed by atoms with Gasteiger partial charge in [0.15, 0.2) is 5.01 Å². The quantitative estimate of drug-likeness (QED) is 0.519. The van der Waals surface area contributed by atoms with E-state index in [9.17, 15) is 14.4 Å². The van der Waals surface area contributed by atoms with Gasteiger partial charge in [0, 0.05) is 69.5 Å². The van der Waals surface area contributed by atoms with Crippen molar-refractivity contribution in [3.63, 3.8) is 0 Å². The molecule has 3 aromatic rings. The molecule has 2 fully saturated rings. The average Bonchev–Trinajstić information content (AvgIpc) is 3.47. The van der Waals surface area contributed by atoms with Gasteiger partial charge >= 0.3 is 0 Å². The highest BCUT2D eigenvalue weighted by Crippen LogP contribution is 2.35. The number of nitrogens with zero attached hydrogens (tertiary/aromatic N) is 5. The molecule has 0 aliphatic carbocycles. The highest BCUT2D eigenvalue weighted by molar-refractivity contribution is 7.11. The van der Waals surface area contributed by atoms with E-state index in [0.29, 0.717) is 43.6 Å². The van der Waals surface area contributed by atoms with E-state index in [1.165, 1.54) is 11.3 Å². The molecule has 1 atom stereocenters. The Labute approximate surface area is 226 Å². The van der Waals surface area contributed by atoms with Crippen LogP contribution < -0.4 is 4.90 Å². The molecule has 0 spiro atoms. The summed E-state index contributed by atoms with van der Waals surface area (Å²) in [7, 11) is 0. The number of aryl methyl sites for hydroxylation is 1. The minimum Gasteiger partial charge on any atom is -0.338 e. The number of benzene rings is 2. The van der Waals surface area contributed by atoms with Gasteiger partial charge in [0.1, 0.15) is 6.04 Å². The second-order valence-electron chi connectivity index (χ2n) is 10.2. The zero-order valence-electron chi connectivity index (χ0n) is 21.5. The van der Waals surface area contributed by atoms with Crippen LogP contribution in [0, 0.1) is 0 Å². The normalized spacial score (nSPS) is 20.1. The van der Waals surface area contributed by atoms with Gasteiger partial charge in [-0.15, -0.1) is 11.3 Å². The second kappa shape index (κ2) is 10.3. The van der Waals surface area contributed by atoms with Gasteiger partial charge in [-0.2, -0.15) is 0 Å². The van der Waals surface area contributed by atoms with Crippen LogP contribution in [0.4, 0.5) is 5.69 Å². The number of hydrogen-bond acceptors (Lipinski definition) is 6. The Balaban J connectivity index is 1.07. The summed E-state index contributed by atoms with van der Waals surface area (Å²) in [6, 6.07) is 16.2. The van der Waals surface area contributed by atoms with E-state index < -0.39 is 6.04 Å². The van der Waals surface area contributed by atoms with Crippen molar-refractivity contribution in [2.75, 3.05) is 44.2 Å². The first kappa shape index (κ1) is 24.8. The third-order valence-electron chi connectivity index (χ3n) is 7.98. The smallest absolute Gasteiger partial charge is 0.282 e. The van der Waals surface area contributed by atoms with Crippen molar-refractivity contribution < 1.29 is 14.4 Å². The van der Waals surface area contributed by atoms with Crippen molar-refractivity contribution >= 4 is 34.7 Å². The Morgan fingerprint density at radius 2 is 1.68 bits per heavy atom. The van der Waals surface area contributed by atoms with Crippen molar-refractivity contribution in [3.8, 4) is 11.1 Å². The summed E-state index contributed by atoms with van der Waals surface area (Å²) in [5.41, 5.74) is 4.22. The molecule has 2 saturated heterocycles. The first-order chi connectivity index (χ1) is 18.5. The molecule has 0 radical (unpaired) electrons. The van der Waals surface area contributed by atoms with Crippen LogP contribution in [0.25, 0.3) is 11.1 Å². The number of amides is 3. The minimum atomic E-state index is -0.462. The molecular formula is C29H31N5O3S. The number of rotatable bonds is 4. The molecule has 8 nitrogen and oxygen atoms in total. The monoisotopic (exact) mass is 529 g/mol. The van der Waals surface area contributed by atoms with Gasteiger partial charge in [0.2, 0.25) is 11.8 Å². The van der Waals surface area contributed by atoms with Crippen LogP contribution in [0.15, 0.2) is 60.1 Å². The summed E-state index contributed by atoms with van der Waals surface area (Å²) >= 11 is 1.37. The molecule has 3 aliphatic rings. The molecule has 38 heavy (non-hydrogen) atoms. The van der Waals surface area contributed by atoms with Crippen LogP contribution in [0.3, 0.4) is 0 Å². The van der Waals surface area contributed by atoms with Gasteiger partial charge in [-0.1, -0.05) is 36.4 Å². The molecule has 3 amide bonds. The van der Waals surface area contributed by atoms with E-state index >= 15 is 0 Å². The molecular weight excluding hydrogens is 498 g/mol. The van der Waals surface area contributed by atoms with Crippen molar-refractivity contribution in [2.24, 2.45) is 0 Å². The number of likely N-dealkylation sites (tertiary alicyclic amines) is 1. The minimum absolute atomic E-state index is 0.00265. The molecule has 0 saturated carbocycles. The zero-order valence-corrected chi connectivity index (χ0v) is 22.3. The van der Waals surface area contributed by atoms with Crippen LogP contribution in [-0.2, 0) is 16.0 Å². The van der Waals surface area contributed by atoms with E-state index in [1.54, 1.807) is 18.0 Å². The second-order valence-corrected chi connectivity index (χ2v) is 11.1. The Morgan fingerprint density at radius 1 is 0.921 bits per heavy atom. The molecule has 1 aromatic heterocycles. The first-order valence-electron chi connectivity index (χ1n) is 13.2. The van der Waals surface area contributed by atoms with E-state index in [1.807, 2.05) is 45.5 Å². The van der Waals surface area contributed by atoms with Gasteiger partial charge in [-0.05, 0) is 41.7 Å². The molecule has 0 N–H and O–H groups in total. The van der Waals surface area contributed by atoms with Crippen LogP contribution >= 0.6 is 11.3 Å². The van der Waals surface area contributed by atoms with E-state index in [4.69, 9.17) is 0 Å². The molecule has 196 valence electrons. The number of piperazine rings is 1. The summed E-state index contributed by atoms with van der Waals surface area (Å²) in [4.78, 5) is 50.8. The number of aromatic nitrogens is 1. The molecule has 9 heteroatoms. The van der Waals surface area contributed by atoms with Crippen LogP contribution in [-0.4, -0.2) is 88.8 Å². The fourth-order valence-electron chi connectivity index (χ4n) is 5.87. The first-order valence-corrected chi connectivity index (χ1v) is 14.1. The lowest BCUT2D eigenvalue weighted by atomic mass is 9.91. The Bertz CT molecular complexity index is 1330. The zero-order chi connectivity index (χ0) is 26.2. The van der Waals surface area contributed by atoms with Crippen LogP contribution in [0.1, 0.15) is 28.7 Å². The van der Waals surface area contributed by atoms with Gasteiger partial charge in [-0.25, -0.2) is 4.98 Å². The highest BCUT2D eigenvalue weighted by Gasteiger charge is 2.42. The fourth-order valence-corrected chi connectivity index (χ4v) is 6.48. The summed E-state index contributed by atoms with van der Waals surface area (Å²) in [6.07, 6.45) is 3.05. The van der Waals surface area contributed by atoms with Gasteiger partial charge < -0.3 is 9.80 Å². The van der Waals surface area contributed by atoms with Crippen LogP contribution in [0.5, 0.6) is 0 Å². The van der Waals surface area contributed by atoms with E-state index in [2.05, 4.69) is 28.1 Å². The lowest BCUT2D eigenvalue weighted by Crippen LogP contribution is -2.67. The van der Waals surface area contributed by atoms with Gasteiger partial charge in [0.05, 0.1) is 0 Å². The number of anilines is 1. The highest BCUT2D eigenvalue weighted by atomic mass is 32.1. The molecule has 6 rings (SSSR count). The van der Waals surface area contributed by atoms with E-state index in [0.717, 1.165) is 41.9 Å². The summed E-state index contributed by atoms with van der Waals surface area (Å²) in [5.74, 6) is -0.0652. The van der Waals surface area contributed by atoms with E-state index in [-0.39, 0.29) is 17.7 Å². The molecule has 4 heterocycles.